The van der Waals surface area contributed by atoms with Gasteiger partial charge in [-0.25, -0.2) is 0 Å². The number of aromatic nitrogens is 1. The predicted octanol–water partition coefficient (Wildman–Crippen LogP) is 2.75. The molecule has 2 aromatic rings. The molecule has 1 aliphatic rings. The maximum Gasteiger partial charge on any atom is 0.182 e. The fourth-order valence-corrected chi connectivity index (χ4v) is 2.81. The molecule has 128 valence electrons. The molecule has 0 radical (unpaired) electrons. The van der Waals surface area contributed by atoms with E-state index in [0.717, 1.165) is 29.8 Å². The van der Waals surface area contributed by atoms with Gasteiger partial charge in [0.25, 0.3) is 0 Å². The van der Waals surface area contributed by atoms with Crippen molar-refractivity contribution in [2.75, 3.05) is 7.11 Å². The summed E-state index contributed by atoms with van der Waals surface area (Å²) in [5, 5.41) is 10.6. The second-order valence-corrected chi connectivity index (χ2v) is 6.33. The van der Waals surface area contributed by atoms with E-state index < -0.39 is 6.10 Å². The molecule has 1 N–H and O–H groups in total. The Kier molecular flexibility index (Phi) is 4.62. The van der Waals surface area contributed by atoms with Crippen LogP contribution >= 0.6 is 0 Å². The van der Waals surface area contributed by atoms with Crippen LogP contribution in [0.15, 0.2) is 35.1 Å². The molecular formula is C19H23NO4. The highest BCUT2D eigenvalue weighted by Crippen LogP contribution is 2.35. The monoisotopic (exact) mass is 329 g/mol. The lowest BCUT2D eigenvalue weighted by Crippen LogP contribution is -2.17. The number of hydrogen-bond acceptors (Lipinski definition) is 4. The molecule has 0 bridgehead atoms. The summed E-state index contributed by atoms with van der Waals surface area (Å²) in [6.07, 6.45) is 1.68. The maximum atomic E-state index is 11.5. The quantitative estimate of drug-likeness (QED) is 0.885. The summed E-state index contributed by atoms with van der Waals surface area (Å²) in [6, 6.07) is 8.66. The van der Waals surface area contributed by atoms with E-state index in [9.17, 15) is 9.90 Å². The zero-order valence-electron chi connectivity index (χ0n) is 14.3. The topological polar surface area (TPSA) is 60.7 Å². The van der Waals surface area contributed by atoms with E-state index in [1.807, 2.05) is 36.6 Å². The standard InChI is InChI=1S/C19H23NO4/c1-12-8-15(21)9-13(2)20(12)11-17(22)14-4-7-18(23-3)19(10-14)24-16-5-6-16/h4,7-10,16-17,22H,5-6,11H2,1-3H3. The Hall–Kier alpha value is -2.27. The highest BCUT2D eigenvalue weighted by molar-refractivity contribution is 5.44. The van der Waals surface area contributed by atoms with Gasteiger partial charge in [0.2, 0.25) is 0 Å². The highest BCUT2D eigenvalue weighted by atomic mass is 16.5. The van der Waals surface area contributed by atoms with Crippen LogP contribution in [0.25, 0.3) is 0 Å². The van der Waals surface area contributed by atoms with Crippen molar-refractivity contribution in [3.8, 4) is 11.5 Å². The van der Waals surface area contributed by atoms with Gasteiger partial charge in [-0.1, -0.05) is 6.07 Å². The second-order valence-electron chi connectivity index (χ2n) is 6.33. The van der Waals surface area contributed by atoms with Gasteiger partial charge in [0.15, 0.2) is 16.9 Å². The van der Waals surface area contributed by atoms with E-state index >= 15 is 0 Å². The van der Waals surface area contributed by atoms with Crippen molar-refractivity contribution in [1.29, 1.82) is 0 Å². The Balaban J connectivity index is 1.84. The normalized spacial score (nSPS) is 15.2. The molecule has 0 spiro atoms. The van der Waals surface area contributed by atoms with Crippen molar-refractivity contribution in [2.24, 2.45) is 0 Å². The first-order chi connectivity index (χ1) is 11.5. The average Bonchev–Trinajstić information content (AvgIpc) is 3.34. The number of pyridine rings is 1. The van der Waals surface area contributed by atoms with Crippen LogP contribution in [0.2, 0.25) is 0 Å². The molecule has 24 heavy (non-hydrogen) atoms. The molecule has 1 atom stereocenters. The Morgan fingerprint density at radius 3 is 2.42 bits per heavy atom. The number of aliphatic hydroxyl groups is 1. The first kappa shape index (κ1) is 16.6. The number of hydrogen-bond donors (Lipinski definition) is 1. The van der Waals surface area contributed by atoms with Crippen molar-refractivity contribution in [1.82, 2.24) is 4.57 Å². The van der Waals surface area contributed by atoms with Gasteiger partial charge in [-0.3, -0.25) is 4.79 Å². The summed E-state index contributed by atoms with van der Waals surface area (Å²) in [5.74, 6) is 1.35. The Morgan fingerprint density at radius 1 is 1.17 bits per heavy atom. The van der Waals surface area contributed by atoms with Gasteiger partial charge in [-0.2, -0.15) is 0 Å². The first-order valence-corrected chi connectivity index (χ1v) is 8.18. The van der Waals surface area contributed by atoms with E-state index in [-0.39, 0.29) is 11.5 Å². The SMILES string of the molecule is COc1ccc(C(O)Cn2c(C)cc(=O)cc2C)cc1OC1CC1. The summed E-state index contributed by atoms with van der Waals surface area (Å²) in [5.41, 5.74) is 2.42. The lowest BCUT2D eigenvalue weighted by Gasteiger charge is -2.20. The molecule has 0 aliphatic heterocycles. The molecule has 0 saturated heterocycles. The van der Waals surface area contributed by atoms with Crippen LogP contribution in [0.5, 0.6) is 11.5 Å². The zero-order valence-corrected chi connectivity index (χ0v) is 14.3. The zero-order chi connectivity index (χ0) is 17.3. The number of nitrogens with zero attached hydrogens (tertiary/aromatic N) is 1. The van der Waals surface area contributed by atoms with Gasteiger partial charge >= 0.3 is 0 Å². The minimum Gasteiger partial charge on any atom is -0.493 e. The number of rotatable bonds is 6. The molecule has 1 fully saturated rings. The highest BCUT2D eigenvalue weighted by Gasteiger charge is 2.25. The third kappa shape index (κ3) is 3.62. The first-order valence-electron chi connectivity index (χ1n) is 8.18. The maximum absolute atomic E-state index is 11.5. The molecule has 5 heteroatoms. The summed E-state index contributed by atoms with van der Waals surface area (Å²) in [6.45, 7) is 4.13. The minimum atomic E-state index is -0.697. The van der Waals surface area contributed by atoms with Crippen LogP contribution in [-0.4, -0.2) is 22.9 Å². The lowest BCUT2D eigenvalue weighted by atomic mass is 10.1. The van der Waals surface area contributed by atoms with Gasteiger partial charge in [-0.05, 0) is 44.4 Å². The summed E-state index contributed by atoms with van der Waals surface area (Å²) < 4.78 is 13.1. The molecule has 1 aliphatic carbocycles. The Bertz CT molecular complexity index is 766. The smallest absolute Gasteiger partial charge is 0.182 e. The van der Waals surface area contributed by atoms with Gasteiger partial charge in [-0.15, -0.1) is 0 Å². The molecular weight excluding hydrogens is 306 g/mol. The number of aliphatic hydroxyl groups excluding tert-OH is 1. The number of aryl methyl sites for hydroxylation is 2. The van der Waals surface area contributed by atoms with Gasteiger partial charge in [0, 0.05) is 23.5 Å². The van der Waals surface area contributed by atoms with E-state index in [1.54, 1.807) is 19.2 Å². The number of methoxy groups -OCH3 is 1. The lowest BCUT2D eigenvalue weighted by molar-refractivity contribution is 0.153. The van der Waals surface area contributed by atoms with Crippen molar-refractivity contribution < 1.29 is 14.6 Å². The Labute approximate surface area is 141 Å². The van der Waals surface area contributed by atoms with Gasteiger partial charge in [0.1, 0.15) is 0 Å². The molecule has 1 unspecified atom stereocenters. The van der Waals surface area contributed by atoms with Crippen LogP contribution in [0.4, 0.5) is 0 Å². The van der Waals surface area contributed by atoms with Crippen LogP contribution < -0.4 is 14.9 Å². The average molecular weight is 329 g/mol. The van der Waals surface area contributed by atoms with Crippen LogP contribution in [0.1, 0.15) is 35.9 Å². The molecule has 1 saturated carbocycles. The second kappa shape index (κ2) is 6.69. The molecule has 0 amide bonds. The van der Waals surface area contributed by atoms with Gasteiger partial charge < -0.3 is 19.1 Å². The van der Waals surface area contributed by atoms with E-state index in [1.165, 1.54) is 0 Å². The van der Waals surface area contributed by atoms with Crippen LogP contribution in [0.3, 0.4) is 0 Å². The minimum absolute atomic E-state index is 0.0136. The fourth-order valence-electron chi connectivity index (χ4n) is 2.81. The van der Waals surface area contributed by atoms with Crippen molar-refractivity contribution in [3.63, 3.8) is 0 Å². The summed E-state index contributed by atoms with van der Waals surface area (Å²) in [7, 11) is 1.61. The Morgan fingerprint density at radius 2 is 1.83 bits per heavy atom. The third-order valence-electron chi connectivity index (χ3n) is 4.30. The van der Waals surface area contributed by atoms with Crippen molar-refractivity contribution >= 4 is 0 Å². The van der Waals surface area contributed by atoms with Crippen LogP contribution in [0, 0.1) is 13.8 Å². The predicted molar refractivity (Wildman–Crippen MR) is 91.8 cm³/mol. The summed E-state index contributed by atoms with van der Waals surface area (Å²) in [4.78, 5) is 11.5. The number of ether oxygens (including phenoxy) is 2. The molecule has 1 aromatic carbocycles. The van der Waals surface area contributed by atoms with Gasteiger partial charge in [0.05, 0.1) is 25.9 Å². The fraction of sp³-hybridized carbons (Fsp3) is 0.421. The van der Waals surface area contributed by atoms with E-state index in [4.69, 9.17) is 9.47 Å². The van der Waals surface area contributed by atoms with E-state index in [2.05, 4.69) is 0 Å². The van der Waals surface area contributed by atoms with E-state index in [0.29, 0.717) is 18.0 Å². The van der Waals surface area contributed by atoms with Crippen molar-refractivity contribution in [3.05, 3.63) is 57.5 Å². The van der Waals surface area contributed by atoms with Crippen LogP contribution in [-0.2, 0) is 6.54 Å². The largest absolute Gasteiger partial charge is 0.493 e. The third-order valence-corrected chi connectivity index (χ3v) is 4.30. The molecule has 1 heterocycles. The van der Waals surface area contributed by atoms with Crippen molar-refractivity contribution in [2.45, 2.75) is 45.4 Å². The molecule has 5 nitrogen and oxygen atoms in total. The number of benzene rings is 1. The molecule has 3 rings (SSSR count). The molecule has 1 aromatic heterocycles. The summed E-state index contributed by atoms with van der Waals surface area (Å²) >= 11 is 0.